The number of primary amides is 1. The van der Waals surface area contributed by atoms with Crippen LogP contribution in [0.5, 0.6) is 5.75 Å². The van der Waals surface area contributed by atoms with Gasteiger partial charge in [-0.3, -0.25) is 9.59 Å². The van der Waals surface area contributed by atoms with E-state index in [2.05, 4.69) is 15.7 Å². The van der Waals surface area contributed by atoms with Crippen molar-refractivity contribution in [2.24, 2.45) is 5.73 Å². The van der Waals surface area contributed by atoms with Crippen molar-refractivity contribution in [2.75, 3.05) is 12.4 Å². The van der Waals surface area contributed by atoms with Crippen molar-refractivity contribution in [2.45, 2.75) is 32.6 Å². The topological polar surface area (TPSA) is 111 Å². The Morgan fingerprint density at radius 2 is 1.86 bits per heavy atom. The Hall–Kier alpha value is -4.94. The average Bonchev–Trinajstić information content (AvgIpc) is 3.21. The molecule has 0 bridgehead atoms. The molecule has 2 amide bonds. The number of alkyl halides is 3. The quantitative estimate of drug-likeness (QED) is 0.259. The van der Waals surface area contributed by atoms with Crippen LogP contribution in [-0.4, -0.2) is 28.7 Å². The number of nitrogens with two attached hydrogens (primary N) is 1. The second-order valence-electron chi connectivity index (χ2n) is 9.69. The number of carbonyl (C=O) groups is 2. The predicted molar refractivity (Wildman–Crippen MR) is 143 cm³/mol. The van der Waals surface area contributed by atoms with E-state index in [0.717, 1.165) is 28.9 Å². The summed E-state index contributed by atoms with van der Waals surface area (Å²) in [5.74, 6) is -4.46. The van der Waals surface area contributed by atoms with Gasteiger partial charge in [-0.25, -0.2) is 13.5 Å². The van der Waals surface area contributed by atoms with E-state index in [-0.39, 0.29) is 34.0 Å². The van der Waals surface area contributed by atoms with Crippen LogP contribution in [0.2, 0.25) is 0 Å². The van der Waals surface area contributed by atoms with Crippen LogP contribution in [0.25, 0.3) is 11.3 Å². The lowest BCUT2D eigenvalue weighted by molar-refractivity contribution is -0.137. The maximum Gasteiger partial charge on any atom is 0.416 e. The number of anilines is 2. The maximum absolute atomic E-state index is 15.4. The summed E-state index contributed by atoms with van der Waals surface area (Å²) in [5.41, 5.74) is 6.00. The fourth-order valence-electron chi connectivity index (χ4n) is 4.82. The van der Waals surface area contributed by atoms with Gasteiger partial charge in [-0.2, -0.15) is 18.3 Å². The summed E-state index contributed by atoms with van der Waals surface area (Å²) in [6.07, 6.45) is -4.15. The van der Waals surface area contributed by atoms with Crippen LogP contribution >= 0.6 is 0 Å². The minimum absolute atomic E-state index is 0.126. The number of rotatable bonds is 6. The number of hydrogen-bond acceptors (Lipinski definition) is 5. The van der Waals surface area contributed by atoms with E-state index in [0.29, 0.717) is 19.0 Å². The van der Waals surface area contributed by atoms with Crippen LogP contribution in [0, 0.1) is 18.6 Å². The molecule has 3 aromatic carbocycles. The molecule has 2 heterocycles. The van der Waals surface area contributed by atoms with Crippen LogP contribution in [-0.2, 0) is 25.7 Å². The molecule has 0 aliphatic carbocycles. The second-order valence-corrected chi connectivity index (χ2v) is 9.69. The number of carbonyl (C=O) groups excluding carboxylic acids is 2. The first kappa shape index (κ1) is 28.6. The van der Waals surface area contributed by atoms with E-state index in [4.69, 9.17) is 10.5 Å². The molecular formula is C29H24F5N5O3. The van der Waals surface area contributed by atoms with E-state index in [1.165, 1.54) is 23.9 Å². The number of hydrogen-bond donors (Lipinski definition) is 3. The Morgan fingerprint density at radius 3 is 2.55 bits per heavy atom. The van der Waals surface area contributed by atoms with E-state index in [9.17, 15) is 22.8 Å². The van der Waals surface area contributed by atoms with Gasteiger partial charge in [-0.05, 0) is 49.2 Å². The first-order valence-corrected chi connectivity index (χ1v) is 12.7. The van der Waals surface area contributed by atoms with E-state index in [1.807, 2.05) is 25.1 Å². The zero-order chi connectivity index (χ0) is 30.3. The Morgan fingerprint density at radius 1 is 1.10 bits per heavy atom. The largest absolute Gasteiger partial charge is 0.496 e. The first-order chi connectivity index (χ1) is 19.9. The number of benzene rings is 3. The molecule has 1 aliphatic heterocycles. The maximum atomic E-state index is 15.4. The molecule has 42 heavy (non-hydrogen) atoms. The molecule has 0 saturated heterocycles. The Kier molecular flexibility index (Phi) is 7.35. The van der Waals surface area contributed by atoms with Crippen molar-refractivity contribution in [1.29, 1.82) is 0 Å². The Labute approximate surface area is 236 Å². The minimum Gasteiger partial charge on any atom is -0.496 e. The van der Waals surface area contributed by atoms with Crippen LogP contribution in [0.3, 0.4) is 0 Å². The molecular weight excluding hydrogens is 561 g/mol. The molecule has 0 unspecified atom stereocenters. The van der Waals surface area contributed by atoms with Gasteiger partial charge < -0.3 is 21.1 Å². The highest BCUT2D eigenvalue weighted by Gasteiger charge is 2.32. The standard InChI is InChI=1S/C29H24F5N5O3/c1-14-3-7-20-15(11-14)9-10-39-27(37-20)22(26(35)40)25(38-39)18-6-4-16(23(30)24(18)31)13-36-28(41)19-12-17(29(32,33)34)5-8-21(19)42-2/h3-8,11-12,37H,9-10,13H2,1-2H3,(H2,35,40)(H,36,41). The zero-order valence-electron chi connectivity index (χ0n) is 22.3. The summed E-state index contributed by atoms with van der Waals surface area (Å²) in [6.45, 7) is 1.74. The molecule has 13 heteroatoms. The average molecular weight is 586 g/mol. The third kappa shape index (κ3) is 5.24. The van der Waals surface area contributed by atoms with E-state index in [1.54, 1.807) is 0 Å². The molecule has 0 fully saturated rings. The molecule has 1 aromatic heterocycles. The molecule has 1 aliphatic rings. The van der Waals surface area contributed by atoms with Crippen molar-refractivity contribution >= 4 is 23.3 Å². The summed E-state index contributed by atoms with van der Waals surface area (Å²) in [4.78, 5) is 25.2. The molecule has 4 N–H and O–H groups in total. The van der Waals surface area contributed by atoms with Gasteiger partial charge in [0.15, 0.2) is 11.6 Å². The highest BCUT2D eigenvalue weighted by atomic mass is 19.4. The lowest BCUT2D eigenvalue weighted by Crippen LogP contribution is -2.24. The monoisotopic (exact) mass is 585 g/mol. The fraction of sp³-hybridized carbons (Fsp3) is 0.207. The van der Waals surface area contributed by atoms with Crippen LogP contribution in [0.4, 0.5) is 33.5 Å². The summed E-state index contributed by atoms with van der Waals surface area (Å²) < 4.78 is 76.5. The number of nitrogens with zero attached hydrogens (tertiary/aromatic N) is 2. The highest BCUT2D eigenvalue weighted by molar-refractivity contribution is 6.04. The molecule has 0 spiro atoms. The molecule has 5 rings (SSSR count). The molecule has 4 aromatic rings. The van der Waals surface area contributed by atoms with Crippen molar-refractivity contribution in [1.82, 2.24) is 15.1 Å². The number of ether oxygens (including phenoxy) is 1. The Bertz CT molecular complexity index is 1730. The van der Waals surface area contributed by atoms with Gasteiger partial charge >= 0.3 is 6.18 Å². The number of fused-ring (bicyclic) bond motifs is 2. The molecule has 218 valence electrons. The molecule has 0 radical (unpaired) electrons. The summed E-state index contributed by atoms with van der Waals surface area (Å²) in [5, 5.41) is 9.80. The molecule has 0 saturated carbocycles. The van der Waals surface area contributed by atoms with Crippen molar-refractivity contribution in [3.05, 3.63) is 93.5 Å². The van der Waals surface area contributed by atoms with Crippen molar-refractivity contribution in [3.8, 4) is 17.0 Å². The van der Waals surface area contributed by atoms with E-state index < -0.39 is 47.3 Å². The highest BCUT2D eigenvalue weighted by Crippen LogP contribution is 2.37. The lowest BCUT2D eigenvalue weighted by atomic mass is 10.0. The smallest absolute Gasteiger partial charge is 0.416 e. The third-order valence-electron chi connectivity index (χ3n) is 6.93. The van der Waals surface area contributed by atoms with Crippen molar-refractivity contribution in [3.63, 3.8) is 0 Å². The fourth-order valence-corrected chi connectivity index (χ4v) is 4.82. The Balaban J connectivity index is 1.44. The third-order valence-corrected chi connectivity index (χ3v) is 6.93. The van der Waals surface area contributed by atoms with Gasteiger partial charge in [0.2, 0.25) is 0 Å². The number of amides is 2. The SMILES string of the molecule is COc1ccc(C(F)(F)F)cc1C(=O)NCc1ccc(-c2nn3c(c2C(N)=O)Nc2ccc(C)cc2CC3)c(F)c1F. The zero-order valence-corrected chi connectivity index (χ0v) is 22.3. The summed E-state index contributed by atoms with van der Waals surface area (Å²) in [6, 6.07) is 10.5. The van der Waals surface area contributed by atoms with Gasteiger partial charge in [0, 0.05) is 29.9 Å². The normalized spacial score (nSPS) is 12.5. The van der Waals surface area contributed by atoms with Gasteiger partial charge in [0.25, 0.3) is 11.8 Å². The number of halogens is 5. The van der Waals surface area contributed by atoms with Crippen LogP contribution < -0.4 is 21.1 Å². The number of aryl methyl sites for hydroxylation is 3. The number of nitrogens with one attached hydrogen (secondary N) is 2. The van der Waals surface area contributed by atoms with Crippen LogP contribution in [0.15, 0.2) is 48.5 Å². The van der Waals surface area contributed by atoms with Crippen molar-refractivity contribution < 1.29 is 36.3 Å². The number of methoxy groups -OCH3 is 1. The van der Waals surface area contributed by atoms with Gasteiger partial charge in [-0.1, -0.05) is 23.8 Å². The molecule has 0 atom stereocenters. The predicted octanol–water partition coefficient (Wildman–Crippen LogP) is 5.49. The van der Waals surface area contributed by atoms with Gasteiger partial charge in [-0.15, -0.1) is 0 Å². The van der Waals surface area contributed by atoms with Crippen LogP contribution in [0.1, 0.15) is 43.0 Å². The first-order valence-electron chi connectivity index (χ1n) is 12.7. The number of aromatic nitrogens is 2. The van der Waals surface area contributed by atoms with Gasteiger partial charge in [0.1, 0.15) is 22.8 Å². The summed E-state index contributed by atoms with van der Waals surface area (Å²) >= 11 is 0. The molecule has 8 nitrogen and oxygen atoms in total. The lowest BCUT2D eigenvalue weighted by Gasteiger charge is -2.14. The van der Waals surface area contributed by atoms with E-state index >= 15 is 8.78 Å². The summed E-state index contributed by atoms with van der Waals surface area (Å²) in [7, 11) is 1.18. The second kappa shape index (κ2) is 10.8. The minimum atomic E-state index is -4.71. The van der Waals surface area contributed by atoms with Gasteiger partial charge in [0.05, 0.1) is 18.2 Å².